The van der Waals surface area contributed by atoms with Crippen molar-refractivity contribution in [1.82, 2.24) is 29.7 Å². The molecule has 0 unspecified atom stereocenters. The Labute approximate surface area is 175 Å². The van der Waals surface area contributed by atoms with Gasteiger partial charge in [-0.2, -0.15) is 5.10 Å². The predicted octanol–water partition coefficient (Wildman–Crippen LogP) is 1.83. The van der Waals surface area contributed by atoms with Crippen LogP contribution in [0.5, 0.6) is 0 Å². The summed E-state index contributed by atoms with van der Waals surface area (Å²) in [5.74, 6) is 2.84. The fraction of sp³-hybridized carbons (Fsp3) is 0.571. The summed E-state index contributed by atoms with van der Waals surface area (Å²) >= 11 is 0. The molecule has 3 saturated heterocycles. The van der Waals surface area contributed by atoms with Crippen LogP contribution in [0.2, 0.25) is 0 Å². The molecule has 3 fully saturated rings. The van der Waals surface area contributed by atoms with Crippen LogP contribution in [0.3, 0.4) is 0 Å². The Morgan fingerprint density at radius 2 is 1.80 bits per heavy atom. The van der Waals surface area contributed by atoms with Crippen molar-refractivity contribution in [3.63, 3.8) is 0 Å². The van der Waals surface area contributed by atoms with Gasteiger partial charge in [-0.15, -0.1) is 0 Å². The molecule has 9 nitrogen and oxygen atoms in total. The maximum atomic E-state index is 5.36. The lowest BCUT2D eigenvalue weighted by Crippen LogP contribution is -2.58. The molecule has 0 radical (unpaired) electrons. The molecule has 0 aromatic carbocycles. The van der Waals surface area contributed by atoms with Crippen LogP contribution in [-0.4, -0.2) is 69.1 Å². The van der Waals surface area contributed by atoms with Crippen LogP contribution in [0.1, 0.15) is 29.7 Å². The number of fused-ring (bicyclic) bond motifs is 1. The van der Waals surface area contributed by atoms with Gasteiger partial charge in [-0.25, -0.2) is 24.6 Å². The van der Waals surface area contributed by atoms with Gasteiger partial charge in [0.2, 0.25) is 0 Å². The number of nitrogens with zero attached hydrogens (tertiary/aromatic N) is 8. The molecule has 0 atom stereocenters. The summed E-state index contributed by atoms with van der Waals surface area (Å²) in [6.45, 7) is 11.5. The van der Waals surface area contributed by atoms with E-state index in [2.05, 4.69) is 30.9 Å². The third-order valence-electron chi connectivity index (χ3n) is 6.62. The maximum Gasteiger partial charge on any atom is 0.179 e. The molecule has 0 amide bonds. The van der Waals surface area contributed by atoms with Crippen molar-refractivity contribution in [2.24, 2.45) is 5.41 Å². The monoisotopic (exact) mass is 406 g/mol. The zero-order valence-electron chi connectivity index (χ0n) is 17.7. The van der Waals surface area contributed by atoms with Gasteiger partial charge in [0.25, 0.3) is 0 Å². The highest BCUT2D eigenvalue weighted by Crippen LogP contribution is 2.42. The van der Waals surface area contributed by atoms with Gasteiger partial charge in [0.05, 0.1) is 25.1 Å². The van der Waals surface area contributed by atoms with Crippen molar-refractivity contribution in [3.8, 4) is 0 Å². The number of hydrogen-bond donors (Lipinski definition) is 0. The summed E-state index contributed by atoms with van der Waals surface area (Å²) in [6, 6.07) is 2.36. The summed E-state index contributed by atoms with van der Waals surface area (Å²) in [4.78, 5) is 23.5. The Balaban J connectivity index is 1.21. The molecule has 3 aromatic heterocycles. The normalized spacial score (nSPS) is 20.8. The molecule has 30 heavy (non-hydrogen) atoms. The van der Waals surface area contributed by atoms with E-state index in [0.29, 0.717) is 18.6 Å². The van der Waals surface area contributed by atoms with Gasteiger partial charge in [0, 0.05) is 43.4 Å². The van der Waals surface area contributed by atoms with Crippen LogP contribution in [0.4, 0.5) is 11.6 Å². The minimum absolute atomic E-state index is 0.274. The average molecular weight is 406 g/mol. The zero-order chi connectivity index (χ0) is 20.5. The van der Waals surface area contributed by atoms with Gasteiger partial charge in [-0.1, -0.05) is 0 Å². The summed E-state index contributed by atoms with van der Waals surface area (Å²) in [7, 11) is 0. The van der Waals surface area contributed by atoms with E-state index in [4.69, 9.17) is 14.7 Å². The minimum Gasteiger partial charge on any atom is -0.377 e. The molecule has 6 rings (SSSR count). The molecule has 6 heterocycles. The lowest BCUT2D eigenvalue weighted by Gasteiger charge is -2.48. The van der Waals surface area contributed by atoms with E-state index in [1.165, 1.54) is 6.42 Å². The number of hydrogen-bond acceptors (Lipinski definition) is 8. The molecule has 3 aliphatic heterocycles. The first kappa shape index (κ1) is 18.0. The van der Waals surface area contributed by atoms with Crippen molar-refractivity contribution < 1.29 is 4.74 Å². The standard InChI is InChI=1S/C21H26N8O/c1-13-6-17(24-15(3)23-13)28-11-21(12-28)4-5-27(10-21)18-7-22-19-14(2)26-29(20(19)25-18)16-8-30-9-16/h6-7,16H,4-5,8-12H2,1-3H3. The second kappa shape index (κ2) is 6.34. The van der Waals surface area contributed by atoms with Gasteiger partial charge in [-0.3, -0.25) is 0 Å². The Morgan fingerprint density at radius 3 is 2.53 bits per heavy atom. The van der Waals surface area contributed by atoms with Crippen molar-refractivity contribution in [1.29, 1.82) is 0 Å². The molecular weight excluding hydrogens is 380 g/mol. The first-order valence-electron chi connectivity index (χ1n) is 10.6. The Kier molecular flexibility index (Phi) is 3.80. The molecular formula is C21H26N8O. The van der Waals surface area contributed by atoms with E-state index in [1.807, 2.05) is 31.6 Å². The second-order valence-corrected chi connectivity index (χ2v) is 9.06. The smallest absolute Gasteiger partial charge is 0.179 e. The van der Waals surface area contributed by atoms with Crippen LogP contribution in [0, 0.1) is 26.2 Å². The van der Waals surface area contributed by atoms with Crippen LogP contribution < -0.4 is 9.80 Å². The van der Waals surface area contributed by atoms with E-state index in [0.717, 1.165) is 66.2 Å². The summed E-state index contributed by atoms with van der Waals surface area (Å²) < 4.78 is 7.36. The zero-order valence-corrected chi connectivity index (χ0v) is 17.7. The number of rotatable bonds is 3. The Bertz CT molecular complexity index is 1110. The fourth-order valence-corrected chi connectivity index (χ4v) is 4.99. The largest absolute Gasteiger partial charge is 0.377 e. The lowest BCUT2D eigenvalue weighted by atomic mass is 9.79. The van der Waals surface area contributed by atoms with Crippen molar-refractivity contribution in [2.75, 3.05) is 49.2 Å². The number of anilines is 2. The lowest BCUT2D eigenvalue weighted by molar-refractivity contribution is -0.0270. The van der Waals surface area contributed by atoms with Gasteiger partial charge in [0.1, 0.15) is 29.0 Å². The predicted molar refractivity (Wildman–Crippen MR) is 113 cm³/mol. The minimum atomic E-state index is 0.274. The van der Waals surface area contributed by atoms with E-state index in [9.17, 15) is 0 Å². The average Bonchev–Trinajstić information content (AvgIpc) is 3.21. The van der Waals surface area contributed by atoms with E-state index < -0.39 is 0 Å². The van der Waals surface area contributed by atoms with Gasteiger partial charge >= 0.3 is 0 Å². The molecule has 0 bridgehead atoms. The van der Waals surface area contributed by atoms with Crippen LogP contribution in [0.15, 0.2) is 12.3 Å². The van der Waals surface area contributed by atoms with Gasteiger partial charge in [-0.05, 0) is 27.2 Å². The van der Waals surface area contributed by atoms with Crippen molar-refractivity contribution in [2.45, 2.75) is 33.2 Å². The van der Waals surface area contributed by atoms with Crippen molar-refractivity contribution in [3.05, 3.63) is 29.5 Å². The highest BCUT2D eigenvalue weighted by Gasteiger charge is 2.48. The van der Waals surface area contributed by atoms with Crippen LogP contribution in [0.25, 0.3) is 11.2 Å². The fourth-order valence-electron chi connectivity index (χ4n) is 4.99. The Hall–Kier alpha value is -2.81. The quantitative estimate of drug-likeness (QED) is 0.651. The first-order chi connectivity index (χ1) is 14.5. The number of aryl methyl sites for hydroxylation is 3. The Morgan fingerprint density at radius 1 is 1.00 bits per heavy atom. The van der Waals surface area contributed by atoms with E-state index >= 15 is 0 Å². The molecule has 1 spiro atoms. The summed E-state index contributed by atoms with van der Waals surface area (Å²) in [6.07, 6.45) is 3.08. The van der Waals surface area contributed by atoms with Gasteiger partial charge < -0.3 is 14.5 Å². The molecule has 0 saturated carbocycles. The third kappa shape index (κ3) is 2.75. The molecule has 3 aliphatic rings. The topological polar surface area (TPSA) is 85.1 Å². The highest BCUT2D eigenvalue weighted by atomic mass is 16.5. The molecule has 0 N–H and O–H groups in total. The summed E-state index contributed by atoms with van der Waals surface area (Å²) in [5, 5.41) is 4.67. The van der Waals surface area contributed by atoms with Gasteiger partial charge in [0.15, 0.2) is 5.65 Å². The molecule has 156 valence electrons. The van der Waals surface area contributed by atoms with E-state index in [-0.39, 0.29) is 6.04 Å². The highest BCUT2D eigenvalue weighted by molar-refractivity contribution is 5.75. The molecule has 3 aromatic rings. The summed E-state index contributed by atoms with van der Waals surface area (Å²) in [5.41, 5.74) is 4.03. The van der Waals surface area contributed by atoms with Crippen LogP contribution in [-0.2, 0) is 4.74 Å². The maximum absolute atomic E-state index is 5.36. The number of aromatic nitrogens is 6. The second-order valence-electron chi connectivity index (χ2n) is 9.06. The molecule has 0 aliphatic carbocycles. The van der Waals surface area contributed by atoms with Crippen LogP contribution >= 0.6 is 0 Å². The number of ether oxygens (including phenoxy) is 1. The van der Waals surface area contributed by atoms with E-state index in [1.54, 1.807) is 0 Å². The van der Waals surface area contributed by atoms with Crippen molar-refractivity contribution >= 4 is 22.8 Å². The molecule has 9 heteroatoms. The SMILES string of the molecule is Cc1cc(N2CC3(CCN(c4cnc5c(C)nn(C6COC6)c5n4)C3)C2)nc(C)n1. The first-order valence-corrected chi connectivity index (χ1v) is 10.6. The third-order valence-corrected chi connectivity index (χ3v) is 6.62.